The summed E-state index contributed by atoms with van der Waals surface area (Å²) in [6.07, 6.45) is 0.932. The lowest BCUT2D eigenvalue weighted by Crippen LogP contribution is -2.06. The topological polar surface area (TPSA) is 42.9 Å². The highest BCUT2D eigenvalue weighted by Gasteiger charge is 2.18. The van der Waals surface area contributed by atoms with Gasteiger partial charge in [-0.05, 0) is 39.6 Å². The third-order valence-electron chi connectivity index (χ3n) is 2.11. The van der Waals surface area contributed by atoms with Gasteiger partial charge < -0.3 is 0 Å². The smallest absolute Gasteiger partial charge is 0.180 e. The van der Waals surface area contributed by atoms with E-state index in [-0.39, 0.29) is 21.3 Å². The molecule has 17 heavy (non-hydrogen) atoms. The molecule has 0 aliphatic heterocycles. The predicted molar refractivity (Wildman–Crippen MR) is 62.0 cm³/mol. The van der Waals surface area contributed by atoms with Crippen LogP contribution in [-0.2, 0) is 6.42 Å². The van der Waals surface area contributed by atoms with Crippen molar-refractivity contribution in [3.8, 4) is 0 Å². The summed E-state index contributed by atoms with van der Waals surface area (Å²) in [5, 5.41) is 3.50. The van der Waals surface area contributed by atoms with Crippen LogP contribution in [-0.4, -0.2) is 15.4 Å². The summed E-state index contributed by atoms with van der Waals surface area (Å²) in [5.41, 5.74) is -0.252. The fourth-order valence-electron chi connectivity index (χ4n) is 1.27. The summed E-state index contributed by atoms with van der Waals surface area (Å²) in [6.45, 7) is 0. The molecule has 0 N–H and O–H groups in total. The molecule has 0 fully saturated rings. The van der Waals surface area contributed by atoms with Crippen LogP contribution in [0.15, 0.2) is 22.8 Å². The molecular formula is C10H5BrF2N2OS. The van der Waals surface area contributed by atoms with Crippen molar-refractivity contribution in [2.45, 2.75) is 6.42 Å². The van der Waals surface area contributed by atoms with Crippen LogP contribution in [0.25, 0.3) is 0 Å². The van der Waals surface area contributed by atoms with Crippen LogP contribution in [0.5, 0.6) is 0 Å². The van der Waals surface area contributed by atoms with Crippen LogP contribution in [0.4, 0.5) is 8.78 Å². The quantitative estimate of drug-likeness (QED) is 0.645. The van der Waals surface area contributed by atoms with Crippen molar-refractivity contribution in [1.82, 2.24) is 9.59 Å². The molecule has 1 aromatic heterocycles. The average molecular weight is 319 g/mol. The van der Waals surface area contributed by atoms with E-state index in [9.17, 15) is 13.6 Å². The summed E-state index contributed by atoms with van der Waals surface area (Å²) in [6, 6.07) is 2.37. The Balaban J connectivity index is 2.31. The molecule has 2 rings (SSSR count). The SMILES string of the molecule is O=C(Cc1c(F)ccc(Br)c1F)c1cnns1. The third-order valence-corrected chi connectivity index (χ3v) is 3.43. The molecule has 0 radical (unpaired) electrons. The van der Waals surface area contributed by atoms with Crippen LogP contribution >= 0.6 is 27.5 Å². The van der Waals surface area contributed by atoms with Crippen LogP contribution in [0.1, 0.15) is 15.2 Å². The molecule has 3 nitrogen and oxygen atoms in total. The third kappa shape index (κ3) is 2.55. The van der Waals surface area contributed by atoms with E-state index in [0.29, 0.717) is 0 Å². The highest BCUT2D eigenvalue weighted by atomic mass is 79.9. The lowest BCUT2D eigenvalue weighted by Gasteiger charge is -2.04. The first-order valence-corrected chi connectivity index (χ1v) is 6.09. The highest BCUT2D eigenvalue weighted by Crippen LogP contribution is 2.23. The Morgan fingerprint density at radius 3 is 2.82 bits per heavy atom. The Morgan fingerprint density at radius 2 is 2.18 bits per heavy atom. The fraction of sp³-hybridized carbons (Fsp3) is 0.100. The van der Waals surface area contributed by atoms with Crippen LogP contribution < -0.4 is 0 Å². The van der Waals surface area contributed by atoms with Gasteiger partial charge >= 0.3 is 0 Å². The van der Waals surface area contributed by atoms with E-state index in [4.69, 9.17) is 0 Å². The van der Waals surface area contributed by atoms with Crippen molar-refractivity contribution >= 4 is 33.2 Å². The Bertz CT molecular complexity index is 560. The first-order chi connectivity index (χ1) is 8.09. The Kier molecular flexibility index (Phi) is 3.58. The zero-order chi connectivity index (χ0) is 12.4. The first kappa shape index (κ1) is 12.3. The number of aromatic nitrogens is 2. The monoisotopic (exact) mass is 318 g/mol. The van der Waals surface area contributed by atoms with Crippen molar-refractivity contribution in [3.63, 3.8) is 0 Å². The lowest BCUT2D eigenvalue weighted by molar-refractivity contribution is 0.0994. The summed E-state index contributed by atoms with van der Waals surface area (Å²) >= 11 is 3.84. The maximum Gasteiger partial charge on any atom is 0.180 e. The molecule has 0 amide bonds. The summed E-state index contributed by atoms with van der Waals surface area (Å²) < 4.78 is 30.6. The summed E-state index contributed by atoms with van der Waals surface area (Å²) in [4.78, 5) is 12.0. The number of benzene rings is 1. The fourth-order valence-corrected chi connectivity index (χ4v) is 2.09. The molecular weight excluding hydrogens is 314 g/mol. The molecule has 2 aromatic rings. The van der Waals surface area contributed by atoms with Gasteiger partial charge in [-0.25, -0.2) is 8.78 Å². The summed E-state index contributed by atoms with van der Waals surface area (Å²) in [7, 11) is 0. The van der Waals surface area contributed by atoms with Crippen molar-refractivity contribution in [1.29, 1.82) is 0 Å². The standard InChI is InChI=1S/C10H5BrF2N2OS/c11-6-1-2-7(12)5(10(6)13)3-8(16)9-4-14-15-17-9/h1-2,4H,3H2. The number of nitrogens with zero attached hydrogens (tertiary/aromatic N) is 2. The van der Waals surface area contributed by atoms with Crippen LogP contribution in [0, 0.1) is 11.6 Å². The number of carbonyl (C=O) groups excluding carboxylic acids is 1. The molecule has 0 saturated carbocycles. The second-order valence-electron chi connectivity index (χ2n) is 3.20. The molecule has 88 valence electrons. The largest absolute Gasteiger partial charge is 0.293 e. The van der Waals surface area contributed by atoms with Gasteiger partial charge in [0.05, 0.1) is 10.7 Å². The van der Waals surface area contributed by atoms with Crippen molar-refractivity contribution < 1.29 is 13.6 Å². The van der Waals surface area contributed by atoms with Gasteiger partial charge in [-0.3, -0.25) is 4.79 Å². The van der Waals surface area contributed by atoms with E-state index in [1.165, 1.54) is 12.3 Å². The molecule has 0 spiro atoms. The Hall–Kier alpha value is -1.21. The van der Waals surface area contributed by atoms with Crippen LogP contribution in [0.3, 0.4) is 0 Å². The number of halogens is 3. The van der Waals surface area contributed by atoms with Crippen molar-refractivity contribution in [3.05, 3.63) is 44.9 Å². The lowest BCUT2D eigenvalue weighted by atomic mass is 10.1. The molecule has 0 atom stereocenters. The number of carbonyl (C=O) groups is 1. The second-order valence-corrected chi connectivity index (χ2v) is 4.84. The number of rotatable bonds is 3. The molecule has 0 unspecified atom stereocenters. The minimum absolute atomic E-state index is 0.129. The predicted octanol–water partition coefficient (Wildman–Crippen LogP) is 3.00. The zero-order valence-corrected chi connectivity index (χ0v) is 10.7. The van der Waals surface area contributed by atoms with Gasteiger partial charge in [0.1, 0.15) is 16.5 Å². The minimum Gasteiger partial charge on any atom is -0.293 e. The number of Topliss-reactive ketones (excluding diaryl/α,β-unsaturated/α-hetero) is 1. The van der Waals surface area contributed by atoms with E-state index >= 15 is 0 Å². The zero-order valence-electron chi connectivity index (χ0n) is 8.28. The van der Waals surface area contributed by atoms with Gasteiger partial charge in [0, 0.05) is 12.0 Å². The second kappa shape index (κ2) is 4.97. The molecule has 0 aliphatic carbocycles. The Labute approximate surface area is 108 Å². The van der Waals surface area contributed by atoms with Crippen molar-refractivity contribution in [2.75, 3.05) is 0 Å². The van der Waals surface area contributed by atoms with Gasteiger partial charge in [0.15, 0.2) is 5.78 Å². The van der Waals surface area contributed by atoms with Crippen LogP contribution in [0.2, 0.25) is 0 Å². The average Bonchev–Trinajstić information content (AvgIpc) is 2.83. The number of hydrogen-bond acceptors (Lipinski definition) is 4. The highest BCUT2D eigenvalue weighted by molar-refractivity contribution is 9.10. The maximum absolute atomic E-state index is 13.6. The van der Waals surface area contributed by atoms with Gasteiger partial charge in [-0.2, -0.15) is 0 Å². The van der Waals surface area contributed by atoms with Gasteiger partial charge in [0.2, 0.25) is 0 Å². The number of ketones is 1. The van der Waals surface area contributed by atoms with Gasteiger partial charge in [-0.1, -0.05) is 4.49 Å². The number of hydrogen-bond donors (Lipinski definition) is 0. The van der Waals surface area contributed by atoms with Gasteiger partial charge in [-0.15, -0.1) is 5.10 Å². The molecule has 0 saturated heterocycles. The van der Waals surface area contributed by atoms with E-state index in [1.807, 2.05) is 0 Å². The molecule has 7 heteroatoms. The maximum atomic E-state index is 13.6. The Morgan fingerprint density at radius 1 is 1.41 bits per heavy atom. The molecule has 1 aromatic carbocycles. The summed E-state index contributed by atoms with van der Waals surface area (Å²) in [5.74, 6) is -1.90. The minimum atomic E-state index is -0.754. The van der Waals surface area contributed by atoms with Crippen molar-refractivity contribution in [2.24, 2.45) is 0 Å². The first-order valence-electron chi connectivity index (χ1n) is 4.52. The van der Waals surface area contributed by atoms with E-state index < -0.39 is 17.4 Å². The van der Waals surface area contributed by atoms with E-state index in [1.54, 1.807) is 0 Å². The van der Waals surface area contributed by atoms with Gasteiger partial charge in [0.25, 0.3) is 0 Å². The molecule has 0 aliphatic rings. The molecule has 1 heterocycles. The van der Waals surface area contributed by atoms with E-state index in [0.717, 1.165) is 17.6 Å². The normalized spacial score (nSPS) is 10.5. The van der Waals surface area contributed by atoms with E-state index in [2.05, 4.69) is 25.5 Å². The molecule has 0 bridgehead atoms.